The van der Waals surface area contributed by atoms with E-state index in [0.717, 1.165) is 25.7 Å². The van der Waals surface area contributed by atoms with E-state index in [1.54, 1.807) is 19.9 Å². The molecule has 3 rings (SSSR count). The summed E-state index contributed by atoms with van der Waals surface area (Å²) in [6, 6.07) is 5.55. The minimum absolute atomic E-state index is 0.161. The summed E-state index contributed by atoms with van der Waals surface area (Å²) in [4.78, 5) is 15.7. The zero-order valence-electron chi connectivity index (χ0n) is 15.5. The lowest BCUT2D eigenvalue weighted by molar-refractivity contribution is 0.102. The van der Waals surface area contributed by atoms with Gasteiger partial charge in [0.05, 0.1) is 0 Å². The smallest absolute Gasteiger partial charge is 0.272 e. The van der Waals surface area contributed by atoms with Crippen molar-refractivity contribution in [3.05, 3.63) is 47.0 Å². The summed E-state index contributed by atoms with van der Waals surface area (Å²) in [5.41, 5.74) is 1.29. The van der Waals surface area contributed by atoms with E-state index >= 15 is 0 Å². The predicted molar refractivity (Wildman–Crippen MR) is 102 cm³/mol. The predicted octanol–water partition coefficient (Wildman–Crippen LogP) is 3.59. The lowest BCUT2D eigenvalue weighted by Crippen LogP contribution is -2.32. The van der Waals surface area contributed by atoms with Crippen LogP contribution in [0.1, 0.15) is 47.4 Å². The maximum atomic E-state index is 13.3. The Bertz CT molecular complexity index is 945. The molecule has 0 spiro atoms. The Morgan fingerprint density at radius 3 is 2.44 bits per heavy atom. The lowest BCUT2D eigenvalue weighted by Gasteiger charge is -2.20. The van der Waals surface area contributed by atoms with Crippen LogP contribution in [0.4, 0.5) is 10.1 Å². The van der Waals surface area contributed by atoms with E-state index in [1.165, 1.54) is 22.5 Å². The molecule has 6 nitrogen and oxygen atoms in total. The van der Waals surface area contributed by atoms with Crippen molar-refractivity contribution in [2.45, 2.75) is 44.4 Å². The first kappa shape index (κ1) is 19.6. The van der Waals surface area contributed by atoms with Crippen molar-refractivity contribution in [3.8, 4) is 0 Å². The first-order chi connectivity index (χ1) is 12.8. The van der Waals surface area contributed by atoms with Gasteiger partial charge < -0.3 is 10.3 Å². The normalized spacial score (nSPS) is 16.1. The molecular formula is C19H24FN3O3S. The zero-order valence-corrected chi connectivity index (χ0v) is 16.3. The number of nitrogens with zero attached hydrogens (tertiary/aromatic N) is 1. The monoisotopic (exact) mass is 393 g/mol. The molecule has 1 aromatic heterocycles. The van der Waals surface area contributed by atoms with Gasteiger partial charge in [-0.1, -0.05) is 18.9 Å². The maximum absolute atomic E-state index is 13.3. The number of hydrogen-bond acceptors (Lipinski definition) is 3. The van der Waals surface area contributed by atoms with Crippen molar-refractivity contribution in [2.24, 2.45) is 0 Å². The van der Waals surface area contributed by atoms with Crippen LogP contribution in [-0.2, 0) is 10.0 Å². The zero-order chi connectivity index (χ0) is 19.6. The highest BCUT2D eigenvalue weighted by Crippen LogP contribution is 2.28. The van der Waals surface area contributed by atoms with Crippen LogP contribution in [0, 0.1) is 19.7 Å². The van der Waals surface area contributed by atoms with Gasteiger partial charge in [-0.15, -0.1) is 0 Å². The molecule has 146 valence electrons. The van der Waals surface area contributed by atoms with E-state index in [9.17, 15) is 17.6 Å². The molecule has 8 heteroatoms. The second kappa shape index (κ2) is 7.82. The summed E-state index contributed by atoms with van der Waals surface area (Å²) < 4.78 is 41.1. The molecule has 1 aliphatic rings. The van der Waals surface area contributed by atoms with E-state index in [2.05, 4.69) is 10.3 Å². The van der Waals surface area contributed by atoms with Crippen molar-refractivity contribution in [1.29, 1.82) is 0 Å². The van der Waals surface area contributed by atoms with Gasteiger partial charge in [0.15, 0.2) is 0 Å². The Balaban J connectivity index is 1.91. The number of hydrogen-bond donors (Lipinski definition) is 2. The van der Waals surface area contributed by atoms with Crippen LogP contribution in [0.3, 0.4) is 0 Å². The molecule has 2 N–H and O–H groups in total. The number of aromatic amines is 1. The van der Waals surface area contributed by atoms with Crippen LogP contribution in [0.15, 0.2) is 29.2 Å². The number of sulfonamides is 1. The number of nitrogens with one attached hydrogen (secondary N) is 2. The summed E-state index contributed by atoms with van der Waals surface area (Å²) >= 11 is 0. The standard InChI is InChI=1S/C19H24FN3O3S/c1-13-17(19(24)22-16-9-7-8-15(20)12-16)21-14(2)18(13)27(25,26)23-10-5-3-4-6-11-23/h7-9,12,21H,3-6,10-11H2,1-2H3,(H,22,24). The van der Waals surface area contributed by atoms with Gasteiger partial charge in [0.1, 0.15) is 16.4 Å². The molecule has 0 bridgehead atoms. The van der Waals surface area contributed by atoms with Gasteiger partial charge in [0, 0.05) is 24.5 Å². The molecule has 2 aromatic rings. The van der Waals surface area contributed by atoms with E-state index in [1.807, 2.05) is 0 Å². The lowest BCUT2D eigenvalue weighted by atomic mass is 10.2. The molecule has 0 saturated carbocycles. The van der Waals surface area contributed by atoms with Crippen LogP contribution < -0.4 is 5.32 Å². The summed E-state index contributed by atoms with van der Waals surface area (Å²) in [6.07, 6.45) is 3.74. The molecule has 1 saturated heterocycles. The Morgan fingerprint density at radius 1 is 1.15 bits per heavy atom. The fraction of sp³-hybridized carbons (Fsp3) is 0.421. The summed E-state index contributed by atoms with van der Waals surface area (Å²) in [5, 5.41) is 2.60. The molecule has 1 fully saturated rings. The van der Waals surface area contributed by atoms with Gasteiger partial charge in [-0.05, 0) is 50.5 Å². The van der Waals surface area contributed by atoms with Crippen LogP contribution in [-0.4, -0.2) is 36.7 Å². The SMILES string of the molecule is Cc1[nH]c(C(=O)Nc2cccc(F)c2)c(C)c1S(=O)(=O)N1CCCCCC1. The molecule has 0 unspecified atom stereocenters. The quantitative estimate of drug-likeness (QED) is 0.833. The van der Waals surface area contributed by atoms with E-state index < -0.39 is 21.7 Å². The second-order valence-electron chi connectivity index (χ2n) is 6.86. The van der Waals surface area contributed by atoms with Gasteiger partial charge in [-0.25, -0.2) is 12.8 Å². The Kier molecular flexibility index (Phi) is 5.67. The molecule has 0 atom stereocenters. The first-order valence-corrected chi connectivity index (χ1v) is 10.5. The third kappa shape index (κ3) is 4.06. The number of amides is 1. The molecular weight excluding hydrogens is 369 g/mol. The highest BCUT2D eigenvalue weighted by molar-refractivity contribution is 7.89. The van der Waals surface area contributed by atoms with Gasteiger partial charge in [0.25, 0.3) is 5.91 Å². The molecule has 1 amide bonds. The van der Waals surface area contributed by atoms with Crippen molar-refractivity contribution >= 4 is 21.6 Å². The Labute approximate surface area is 158 Å². The number of carbonyl (C=O) groups is 1. The summed E-state index contributed by atoms with van der Waals surface area (Å²) in [5.74, 6) is -0.963. The number of aryl methyl sites for hydroxylation is 1. The Hall–Kier alpha value is -2.19. The first-order valence-electron chi connectivity index (χ1n) is 9.07. The number of benzene rings is 1. The van der Waals surface area contributed by atoms with Crippen LogP contribution in [0.2, 0.25) is 0 Å². The number of halogens is 1. The summed E-state index contributed by atoms with van der Waals surface area (Å²) in [7, 11) is -3.68. The average Bonchev–Trinajstić information content (AvgIpc) is 2.79. The second-order valence-corrected chi connectivity index (χ2v) is 8.74. The average molecular weight is 393 g/mol. The van der Waals surface area contributed by atoms with E-state index in [-0.39, 0.29) is 10.6 Å². The largest absolute Gasteiger partial charge is 0.353 e. The van der Waals surface area contributed by atoms with Gasteiger partial charge in [-0.2, -0.15) is 4.31 Å². The topological polar surface area (TPSA) is 82.3 Å². The minimum atomic E-state index is -3.68. The van der Waals surface area contributed by atoms with Crippen LogP contribution in [0.5, 0.6) is 0 Å². The van der Waals surface area contributed by atoms with Gasteiger partial charge >= 0.3 is 0 Å². The molecule has 0 radical (unpaired) electrons. The third-order valence-corrected chi connectivity index (χ3v) is 7.01. The van der Waals surface area contributed by atoms with E-state index in [0.29, 0.717) is 30.0 Å². The number of anilines is 1. The van der Waals surface area contributed by atoms with Crippen molar-refractivity contribution in [2.75, 3.05) is 18.4 Å². The number of carbonyl (C=O) groups excluding carboxylic acids is 1. The van der Waals surface area contributed by atoms with Crippen LogP contribution in [0.25, 0.3) is 0 Å². The highest BCUT2D eigenvalue weighted by atomic mass is 32.2. The molecule has 1 aromatic carbocycles. The van der Waals surface area contributed by atoms with Crippen molar-refractivity contribution < 1.29 is 17.6 Å². The molecule has 2 heterocycles. The molecule has 1 aliphatic heterocycles. The van der Waals surface area contributed by atoms with Crippen molar-refractivity contribution in [3.63, 3.8) is 0 Å². The van der Waals surface area contributed by atoms with E-state index in [4.69, 9.17) is 0 Å². The highest BCUT2D eigenvalue weighted by Gasteiger charge is 2.32. The number of aromatic nitrogens is 1. The summed E-state index contributed by atoms with van der Waals surface area (Å²) in [6.45, 7) is 4.26. The van der Waals surface area contributed by atoms with Gasteiger partial charge in [0.2, 0.25) is 10.0 Å². The maximum Gasteiger partial charge on any atom is 0.272 e. The number of H-pyrrole nitrogens is 1. The van der Waals surface area contributed by atoms with Crippen molar-refractivity contribution in [1.82, 2.24) is 9.29 Å². The number of rotatable bonds is 4. The molecule has 27 heavy (non-hydrogen) atoms. The molecule has 0 aliphatic carbocycles. The van der Waals surface area contributed by atoms with Crippen LogP contribution >= 0.6 is 0 Å². The van der Waals surface area contributed by atoms with Gasteiger partial charge in [-0.3, -0.25) is 4.79 Å². The fourth-order valence-electron chi connectivity index (χ4n) is 3.52. The third-order valence-electron chi connectivity index (χ3n) is 4.84. The Morgan fingerprint density at radius 2 is 1.81 bits per heavy atom. The minimum Gasteiger partial charge on any atom is -0.353 e. The fourth-order valence-corrected chi connectivity index (χ4v) is 5.44.